The lowest BCUT2D eigenvalue weighted by atomic mass is 10.1. The summed E-state index contributed by atoms with van der Waals surface area (Å²) < 4.78 is 0. The highest BCUT2D eigenvalue weighted by Gasteiger charge is 2.39. The van der Waals surface area contributed by atoms with Gasteiger partial charge in [0.15, 0.2) is 0 Å². The Balaban J connectivity index is 2.07. The van der Waals surface area contributed by atoms with Gasteiger partial charge in [-0.3, -0.25) is 14.5 Å². The van der Waals surface area contributed by atoms with Crippen LogP contribution in [0.25, 0.3) is 0 Å². The Hall–Kier alpha value is -0.900. The van der Waals surface area contributed by atoms with Gasteiger partial charge in [0.25, 0.3) is 0 Å². The maximum absolute atomic E-state index is 11.6. The van der Waals surface area contributed by atoms with Gasteiger partial charge in [0.2, 0.25) is 5.91 Å². The first-order chi connectivity index (χ1) is 7.24. The SMILES string of the molecule is CNC(=O)C1CCCN1C1CCCC1=O. The van der Waals surface area contributed by atoms with Crippen molar-refractivity contribution in [1.29, 1.82) is 0 Å². The molecular weight excluding hydrogens is 192 g/mol. The highest BCUT2D eigenvalue weighted by atomic mass is 16.2. The van der Waals surface area contributed by atoms with E-state index in [0.717, 1.165) is 32.2 Å². The number of rotatable bonds is 2. The lowest BCUT2D eigenvalue weighted by molar-refractivity contribution is -0.128. The van der Waals surface area contributed by atoms with E-state index in [4.69, 9.17) is 0 Å². The van der Waals surface area contributed by atoms with Crippen molar-refractivity contribution in [1.82, 2.24) is 10.2 Å². The largest absolute Gasteiger partial charge is 0.358 e. The number of amides is 1. The van der Waals surface area contributed by atoms with Gasteiger partial charge in [0.1, 0.15) is 5.78 Å². The molecule has 0 aromatic rings. The molecule has 1 amide bonds. The quantitative estimate of drug-likeness (QED) is 0.714. The van der Waals surface area contributed by atoms with Crippen LogP contribution in [0.2, 0.25) is 0 Å². The second kappa shape index (κ2) is 4.31. The standard InChI is InChI=1S/C11H18N2O2/c1-12-11(15)9-5-3-7-13(9)8-4-2-6-10(8)14/h8-9H,2-7H2,1H3,(H,12,15). The summed E-state index contributed by atoms with van der Waals surface area (Å²) in [5, 5.41) is 2.68. The fraction of sp³-hybridized carbons (Fsp3) is 0.818. The topological polar surface area (TPSA) is 49.4 Å². The molecule has 2 fully saturated rings. The number of carbonyl (C=O) groups is 2. The van der Waals surface area contributed by atoms with Crippen molar-refractivity contribution < 1.29 is 9.59 Å². The molecule has 1 saturated heterocycles. The molecular formula is C11H18N2O2. The number of likely N-dealkylation sites (tertiary alicyclic amines) is 1. The first kappa shape index (κ1) is 10.6. The number of nitrogens with zero attached hydrogens (tertiary/aromatic N) is 1. The number of Topliss-reactive ketones (excluding diaryl/α,β-unsaturated/α-hetero) is 1. The summed E-state index contributed by atoms with van der Waals surface area (Å²) in [6.45, 7) is 0.897. The van der Waals surface area contributed by atoms with Gasteiger partial charge in [-0.15, -0.1) is 0 Å². The molecule has 2 atom stereocenters. The van der Waals surface area contributed by atoms with Gasteiger partial charge in [0.05, 0.1) is 12.1 Å². The lowest BCUT2D eigenvalue weighted by Crippen LogP contribution is -2.48. The molecule has 2 unspecified atom stereocenters. The number of ketones is 1. The molecule has 0 aromatic carbocycles. The van der Waals surface area contributed by atoms with Gasteiger partial charge in [-0.2, -0.15) is 0 Å². The normalized spacial score (nSPS) is 32.2. The van der Waals surface area contributed by atoms with Crippen molar-refractivity contribution in [3.63, 3.8) is 0 Å². The van der Waals surface area contributed by atoms with E-state index in [0.29, 0.717) is 12.2 Å². The van der Waals surface area contributed by atoms with E-state index in [1.54, 1.807) is 7.05 Å². The molecule has 2 aliphatic rings. The van der Waals surface area contributed by atoms with E-state index < -0.39 is 0 Å². The third-order valence-corrected chi connectivity index (χ3v) is 3.52. The molecule has 4 nitrogen and oxygen atoms in total. The lowest BCUT2D eigenvalue weighted by Gasteiger charge is -2.27. The predicted octanol–water partition coefficient (Wildman–Crippen LogP) is 0.318. The molecule has 0 radical (unpaired) electrons. The van der Waals surface area contributed by atoms with Crippen molar-refractivity contribution in [2.45, 2.75) is 44.2 Å². The highest BCUT2D eigenvalue weighted by Crippen LogP contribution is 2.27. The molecule has 1 aliphatic carbocycles. The van der Waals surface area contributed by atoms with E-state index >= 15 is 0 Å². The van der Waals surface area contributed by atoms with E-state index in [1.807, 2.05) is 0 Å². The van der Waals surface area contributed by atoms with Crippen LogP contribution in [0, 0.1) is 0 Å². The Labute approximate surface area is 90.0 Å². The van der Waals surface area contributed by atoms with Gasteiger partial charge in [-0.25, -0.2) is 0 Å². The number of hydrogen-bond donors (Lipinski definition) is 1. The second-order valence-corrected chi connectivity index (χ2v) is 4.38. The minimum Gasteiger partial charge on any atom is -0.358 e. The van der Waals surface area contributed by atoms with Crippen molar-refractivity contribution >= 4 is 11.7 Å². The fourth-order valence-corrected chi connectivity index (χ4v) is 2.76. The number of hydrogen-bond acceptors (Lipinski definition) is 3. The minimum atomic E-state index is -0.0675. The molecule has 0 bridgehead atoms. The zero-order valence-electron chi connectivity index (χ0n) is 9.16. The maximum Gasteiger partial charge on any atom is 0.237 e. The third-order valence-electron chi connectivity index (χ3n) is 3.52. The Kier molecular flexibility index (Phi) is 3.05. The van der Waals surface area contributed by atoms with Crippen molar-refractivity contribution in [3.8, 4) is 0 Å². The summed E-state index contributed by atoms with van der Waals surface area (Å²) in [6, 6.07) is -0.0446. The summed E-state index contributed by atoms with van der Waals surface area (Å²) in [5.41, 5.74) is 0. The van der Waals surface area contributed by atoms with Crippen LogP contribution in [0.15, 0.2) is 0 Å². The summed E-state index contributed by atoms with van der Waals surface area (Å²) in [6.07, 6.45) is 4.54. The van der Waals surface area contributed by atoms with Gasteiger partial charge < -0.3 is 5.32 Å². The number of carbonyl (C=O) groups excluding carboxylic acids is 2. The summed E-state index contributed by atoms with van der Waals surface area (Å²) in [5.74, 6) is 0.387. The Bertz CT molecular complexity index is 278. The molecule has 0 spiro atoms. The molecule has 84 valence electrons. The first-order valence-electron chi connectivity index (χ1n) is 5.74. The minimum absolute atomic E-state index is 0.0230. The molecule has 4 heteroatoms. The highest BCUT2D eigenvalue weighted by molar-refractivity contribution is 5.88. The van der Waals surface area contributed by atoms with Gasteiger partial charge in [0, 0.05) is 13.5 Å². The third kappa shape index (κ3) is 1.91. The predicted molar refractivity (Wildman–Crippen MR) is 56.4 cm³/mol. The summed E-state index contributed by atoms with van der Waals surface area (Å²) >= 11 is 0. The molecule has 15 heavy (non-hydrogen) atoms. The second-order valence-electron chi connectivity index (χ2n) is 4.38. The van der Waals surface area contributed by atoms with E-state index in [1.165, 1.54) is 0 Å². The Morgan fingerprint density at radius 1 is 1.40 bits per heavy atom. The van der Waals surface area contributed by atoms with Crippen molar-refractivity contribution in [2.24, 2.45) is 0 Å². The van der Waals surface area contributed by atoms with Crippen LogP contribution in [0.4, 0.5) is 0 Å². The fourth-order valence-electron chi connectivity index (χ4n) is 2.76. The van der Waals surface area contributed by atoms with Crippen LogP contribution < -0.4 is 5.32 Å². The average molecular weight is 210 g/mol. The van der Waals surface area contributed by atoms with E-state index in [-0.39, 0.29) is 18.0 Å². The molecule has 2 rings (SSSR count). The van der Waals surface area contributed by atoms with E-state index in [2.05, 4.69) is 10.2 Å². The Morgan fingerprint density at radius 3 is 2.80 bits per heavy atom. The molecule has 1 heterocycles. The molecule has 0 aromatic heterocycles. The zero-order chi connectivity index (χ0) is 10.8. The van der Waals surface area contributed by atoms with Gasteiger partial charge in [-0.1, -0.05) is 0 Å². The zero-order valence-corrected chi connectivity index (χ0v) is 9.16. The first-order valence-corrected chi connectivity index (χ1v) is 5.74. The van der Waals surface area contributed by atoms with Crippen LogP contribution in [0.5, 0.6) is 0 Å². The van der Waals surface area contributed by atoms with Gasteiger partial charge >= 0.3 is 0 Å². The molecule has 1 N–H and O–H groups in total. The summed E-state index contributed by atoms with van der Waals surface area (Å²) in [7, 11) is 1.66. The molecule has 1 aliphatic heterocycles. The van der Waals surface area contributed by atoms with Crippen LogP contribution >= 0.6 is 0 Å². The number of nitrogens with one attached hydrogen (secondary N) is 1. The summed E-state index contributed by atoms with van der Waals surface area (Å²) in [4.78, 5) is 25.4. The van der Waals surface area contributed by atoms with Crippen molar-refractivity contribution in [3.05, 3.63) is 0 Å². The van der Waals surface area contributed by atoms with Crippen LogP contribution in [-0.2, 0) is 9.59 Å². The van der Waals surface area contributed by atoms with Crippen LogP contribution in [0.3, 0.4) is 0 Å². The van der Waals surface area contributed by atoms with E-state index in [9.17, 15) is 9.59 Å². The Morgan fingerprint density at radius 2 is 2.20 bits per heavy atom. The molecule has 1 saturated carbocycles. The van der Waals surface area contributed by atoms with Crippen LogP contribution in [0.1, 0.15) is 32.1 Å². The number of likely N-dealkylation sites (N-methyl/N-ethyl adjacent to an activating group) is 1. The van der Waals surface area contributed by atoms with Crippen molar-refractivity contribution in [2.75, 3.05) is 13.6 Å². The van der Waals surface area contributed by atoms with Gasteiger partial charge in [-0.05, 0) is 32.2 Å². The van der Waals surface area contributed by atoms with Crippen LogP contribution in [-0.4, -0.2) is 42.3 Å². The smallest absolute Gasteiger partial charge is 0.237 e. The maximum atomic E-state index is 11.6. The monoisotopic (exact) mass is 210 g/mol. The average Bonchev–Trinajstić information content (AvgIpc) is 2.84.